The van der Waals surface area contributed by atoms with Gasteiger partial charge in [0.25, 0.3) is 5.91 Å². The van der Waals surface area contributed by atoms with Crippen LogP contribution in [0.15, 0.2) is 24.3 Å². The van der Waals surface area contributed by atoms with Crippen LogP contribution >= 0.6 is 0 Å². The van der Waals surface area contributed by atoms with Crippen LogP contribution < -0.4 is 5.32 Å². The van der Waals surface area contributed by atoms with E-state index in [9.17, 15) is 4.79 Å². The molecule has 25 heavy (non-hydrogen) atoms. The van der Waals surface area contributed by atoms with Crippen LogP contribution in [0.2, 0.25) is 0 Å². The Labute approximate surface area is 150 Å². The molecule has 1 aliphatic heterocycles. The standard InChI is InChI=1S/C21H29N3O/c1-16-8-9-20-18(14-16)19(15-17(2)23-20)21(25)22-10-7-13-24-11-5-3-4-6-12-24/h8-9,14-15H,3-7,10-13H2,1-2H3,(H,22,25). The molecule has 0 atom stereocenters. The number of aromatic nitrogens is 1. The third kappa shape index (κ3) is 4.79. The van der Waals surface area contributed by atoms with Crippen molar-refractivity contribution in [2.75, 3.05) is 26.2 Å². The van der Waals surface area contributed by atoms with E-state index in [2.05, 4.69) is 15.2 Å². The quantitative estimate of drug-likeness (QED) is 0.842. The summed E-state index contributed by atoms with van der Waals surface area (Å²) < 4.78 is 0. The molecule has 1 fully saturated rings. The van der Waals surface area contributed by atoms with Crippen molar-refractivity contribution in [2.45, 2.75) is 46.0 Å². The molecule has 1 aromatic carbocycles. The lowest BCUT2D eigenvalue weighted by molar-refractivity contribution is 0.0953. The maximum atomic E-state index is 12.7. The topological polar surface area (TPSA) is 45.2 Å². The molecule has 1 N–H and O–H groups in total. The van der Waals surface area contributed by atoms with Crippen LogP contribution in [0.5, 0.6) is 0 Å². The van der Waals surface area contributed by atoms with Gasteiger partial charge < -0.3 is 10.2 Å². The van der Waals surface area contributed by atoms with E-state index in [4.69, 9.17) is 0 Å². The summed E-state index contributed by atoms with van der Waals surface area (Å²) in [5, 5.41) is 4.04. The van der Waals surface area contributed by atoms with Crippen LogP contribution in [0.25, 0.3) is 10.9 Å². The molecule has 134 valence electrons. The van der Waals surface area contributed by atoms with E-state index in [1.165, 1.54) is 38.8 Å². The van der Waals surface area contributed by atoms with Gasteiger partial charge in [-0.05, 0) is 70.9 Å². The minimum atomic E-state index is 0.0111. The first kappa shape index (κ1) is 17.9. The number of carbonyl (C=O) groups excluding carboxylic acids is 1. The lowest BCUT2D eigenvalue weighted by Gasteiger charge is -2.19. The Kier molecular flexibility index (Phi) is 6.03. The predicted molar refractivity (Wildman–Crippen MR) is 103 cm³/mol. The van der Waals surface area contributed by atoms with E-state index in [-0.39, 0.29) is 5.91 Å². The number of rotatable bonds is 5. The number of benzene rings is 1. The zero-order chi connectivity index (χ0) is 17.6. The van der Waals surface area contributed by atoms with Crippen LogP contribution in [0.3, 0.4) is 0 Å². The molecule has 1 amide bonds. The average Bonchev–Trinajstić information content (AvgIpc) is 2.87. The number of nitrogens with one attached hydrogen (secondary N) is 1. The molecule has 3 rings (SSSR count). The molecule has 0 radical (unpaired) electrons. The Morgan fingerprint density at radius 3 is 2.64 bits per heavy atom. The van der Waals surface area contributed by atoms with Gasteiger partial charge >= 0.3 is 0 Å². The molecule has 0 saturated carbocycles. The van der Waals surface area contributed by atoms with Gasteiger partial charge in [0.05, 0.1) is 11.1 Å². The summed E-state index contributed by atoms with van der Waals surface area (Å²) in [5.41, 5.74) is 3.65. The minimum Gasteiger partial charge on any atom is -0.352 e. The highest BCUT2D eigenvalue weighted by atomic mass is 16.1. The highest BCUT2D eigenvalue weighted by molar-refractivity contribution is 6.06. The van der Waals surface area contributed by atoms with E-state index >= 15 is 0 Å². The Morgan fingerprint density at radius 1 is 1.12 bits per heavy atom. The molecule has 0 unspecified atom stereocenters. The van der Waals surface area contributed by atoms with Gasteiger partial charge in [-0.2, -0.15) is 0 Å². The predicted octanol–water partition coefficient (Wildman–Crippen LogP) is 3.85. The van der Waals surface area contributed by atoms with E-state index in [0.29, 0.717) is 0 Å². The van der Waals surface area contributed by atoms with Crippen LogP contribution in [-0.2, 0) is 0 Å². The number of nitrogens with zero attached hydrogens (tertiary/aromatic N) is 2. The lowest BCUT2D eigenvalue weighted by atomic mass is 10.0. The van der Waals surface area contributed by atoms with Crippen molar-refractivity contribution < 1.29 is 4.79 Å². The molecule has 4 heteroatoms. The van der Waals surface area contributed by atoms with E-state index < -0.39 is 0 Å². The number of hydrogen-bond acceptors (Lipinski definition) is 3. The molecule has 1 aliphatic rings. The number of hydrogen-bond donors (Lipinski definition) is 1. The Morgan fingerprint density at radius 2 is 1.88 bits per heavy atom. The van der Waals surface area contributed by atoms with Crippen LogP contribution in [0.1, 0.15) is 53.7 Å². The monoisotopic (exact) mass is 339 g/mol. The number of pyridine rings is 1. The van der Waals surface area contributed by atoms with Crippen LogP contribution in [0, 0.1) is 13.8 Å². The fourth-order valence-corrected chi connectivity index (χ4v) is 3.62. The normalized spacial score (nSPS) is 15.9. The van der Waals surface area contributed by atoms with Gasteiger partial charge in [-0.1, -0.05) is 24.5 Å². The van der Waals surface area contributed by atoms with Crippen molar-refractivity contribution in [3.63, 3.8) is 0 Å². The van der Waals surface area contributed by atoms with Gasteiger partial charge in [-0.3, -0.25) is 9.78 Å². The minimum absolute atomic E-state index is 0.0111. The second kappa shape index (κ2) is 8.43. The summed E-state index contributed by atoms with van der Waals surface area (Å²) in [5.74, 6) is 0.0111. The summed E-state index contributed by atoms with van der Waals surface area (Å²) >= 11 is 0. The molecule has 0 aliphatic carbocycles. The molecule has 2 aromatic rings. The highest BCUT2D eigenvalue weighted by Gasteiger charge is 2.13. The first-order chi connectivity index (χ1) is 12.1. The highest BCUT2D eigenvalue weighted by Crippen LogP contribution is 2.20. The Balaban J connectivity index is 1.59. The van der Waals surface area contributed by atoms with Crippen molar-refractivity contribution in [1.82, 2.24) is 15.2 Å². The van der Waals surface area contributed by atoms with Crippen molar-refractivity contribution >= 4 is 16.8 Å². The largest absolute Gasteiger partial charge is 0.352 e. The number of amides is 1. The molecule has 2 heterocycles. The summed E-state index contributed by atoms with van der Waals surface area (Å²) in [6, 6.07) is 7.98. The summed E-state index contributed by atoms with van der Waals surface area (Å²) in [6.07, 6.45) is 6.36. The van der Waals surface area contributed by atoms with Gasteiger partial charge in [0.15, 0.2) is 0 Å². The van der Waals surface area contributed by atoms with Crippen molar-refractivity contribution in [1.29, 1.82) is 0 Å². The average molecular weight is 339 g/mol. The van der Waals surface area contributed by atoms with Gasteiger partial charge in [0.1, 0.15) is 0 Å². The lowest BCUT2D eigenvalue weighted by Crippen LogP contribution is -2.30. The van der Waals surface area contributed by atoms with Gasteiger partial charge in [0.2, 0.25) is 0 Å². The number of aryl methyl sites for hydroxylation is 2. The molecule has 1 saturated heterocycles. The van der Waals surface area contributed by atoms with Crippen molar-refractivity contribution in [2.24, 2.45) is 0 Å². The second-order valence-corrected chi connectivity index (χ2v) is 7.20. The number of fused-ring (bicyclic) bond motifs is 1. The number of likely N-dealkylation sites (tertiary alicyclic amines) is 1. The van der Waals surface area contributed by atoms with E-state index in [0.717, 1.165) is 47.2 Å². The van der Waals surface area contributed by atoms with Crippen molar-refractivity contribution in [3.8, 4) is 0 Å². The molecular weight excluding hydrogens is 310 g/mol. The second-order valence-electron chi connectivity index (χ2n) is 7.20. The maximum Gasteiger partial charge on any atom is 0.252 e. The van der Waals surface area contributed by atoms with E-state index in [1.54, 1.807) is 0 Å². The zero-order valence-electron chi connectivity index (χ0n) is 15.5. The zero-order valence-corrected chi connectivity index (χ0v) is 15.5. The molecule has 0 bridgehead atoms. The smallest absolute Gasteiger partial charge is 0.252 e. The van der Waals surface area contributed by atoms with Crippen molar-refractivity contribution in [3.05, 3.63) is 41.1 Å². The van der Waals surface area contributed by atoms with Gasteiger partial charge in [-0.25, -0.2) is 0 Å². The molecule has 0 spiro atoms. The number of carbonyl (C=O) groups is 1. The first-order valence-corrected chi connectivity index (χ1v) is 9.52. The fourth-order valence-electron chi connectivity index (χ4n) is 3.62. The van der Waals surface area contributed by atoms with Gasteiger partial charge in [0, 0.05) is 17.6 Å². The molecule has 1 aromatic heterocycles. The third-order valence-corrected chi connectivity index (χ3v) is 4.97. The maximum absolute atomic E-state index is 12.7. The van der Waals surface area contributed by atoms with Crippen LogP contribution in [-0.4, -0.2) is 42.0 Å². The summed E-state index contributed by atoms with van der Waals surface area (Å²) in [4.78, 5) is 19.8. The fraction of sp³-hybridized carbons (Fsp3) is 0.524. The van der Waals surface area contributed by atoms with E-state index in [1.807, 2.05) is 38.1 Å². The third-order valence-electron chi connectivity index (χ3n) is 4.97. The molecule has 4 nitrogen and oxygen atoms in total. The first-order valence-electron chi connectivity index (χ1n) is 9.52. The summed E-state index contributed by atoms with van der Waals surface area (Å²) in [7, 11) is 0. The van der Waals surface area contributed by atoms with Gasteiger partial charge in [-0.15, -0.1) is 0 Å². The summed E-state index contributed by atoms with van der Waals surface area (Å²) in [6.45, 7) is 8.21. The Hall–Kier alpha value is -1.94. The molecular formula is C21H29N3O. The Bertz CT molecular complexity index is 733. The van der Waals surface area contributed by atoms with Crippen LogP contribution in [0.4, 0.5) is 0 Å². The SMILES string of the molecule is Cc1ccc2nc(C)cc(C(=O)NCCCN3CCCCCC3)c2c1.